The Labute approximate surface area is 212 Å². The second-order valence-corrected chi connectivity index (χ2v) is 9.43. The van der Waals surface area contributed by atoms with Gasteiger partial charge in [0.25, 0.3) is 0 Å². The van der Waals surface area contributed by atoms with Crippen LogP contribution in [0.5, 0.6) is 5.88 Å². The Morgan fingerprint density at radius 3 is 2.41 bits per heavy atom. The molecule has 2 aromatic rings. The minimum Gasteiger partial charge on any atom is -0.476 e. The molecule has 0 bridgehead atoms. The van der Waals surface area contributed by atoms with E-state index in [1.165, 1.54) is 25.4 Å². The van der Waals surface area contributed by atoms with E-state index in [4.69, 9.17) is 4.74 Å². The molecular weight excluding hydrogens is 494 g/mol. The van der Waals surface area contributed by atoms with Crippen molar-refractivity contribution in [2.75, 3.05) is 39.9 Å². The molecule has 0 N–H and O–H groups in total. The fourth-order valence-corrected chi connectivity index (χ4v) is 4.78. The average molecular weight is 524 g/mol. The van der Waals surface area contributed by atoms with Gasteiger partial charge < -0.3 is 14.4 Å². The summed E-state index contributed by atoms with van der Waals surface area (Å²) in [5.41, 5.74) is 1.07. The molecule has 4 rings (SSSR count). The predicted octanol–water partition coefficient (Wildman–Crippen LogP) is 4.05. The highest BCUT2D eigenvalue weighted by atomic mass is 19.4. The van der Waals surface area contributed by atoms with Crippen LogP contribution in [0.25, 0.3) is 0 Å². The minimum absolute atomic E-state index is 0.0366. The molecule has 1 aromatic heterocycles. The van der Waals surface area contributed by atoms with Gasteiger partial charge in [0.05, 0.1) is 12.7 Å². The third-order valence-electron chi connectivity index (χ3n) is 6.94. The third kappa shape index (κ3) is 6.97. The Hall–Kier alpha value is -3.21. The van der Waals surface area contributed by atoms with Gasteiger partial charge in [0.2, 0.25) is 5.88 Å². The summed E-state index contributed by atoms with van der Waals surface area (Å²) >= 11 is 0. The summed E-state index contributed by atoms with van der Waals surface area (Å²) in [5.74, 6) is -2.56. The Morgan fingerprint density at radius 1 is 1.11 bits per heavy atom. The fourth-order valence-electron chi connectivity index (χ4n) is 4.78. The number of nitrogens with zero attached hydrogens (tertiary/aromatic N) is 3. The SMILES string of the molecule is COC(=O)c1ccc(OCCN2CCC(CN(C(=O)C(F)(F)F)C3CC3c3ccc(F)cc3)CC2)nc1. The van der Waals surface area contributed by atoms with Crippen molar-refractivity contribution in [1.29, 1.82) is 0 Å². The lowest BCUT2D eigenvalue weighted by Crippen LogP contribution is -2.47. The van der Waals surface area contributed by atoms with Crippen LogP contribution >= 0.6 is 0 Å². The molecule has 1 aliphatic carbocycles. The molecule has 2 aliphatic rings. The van der Waals surface area contributed by atoms with E-state index in [1.807, 2.05) is 0 Å². The number of esters is 1. The van der Waals surface area contributed by atoms with Gasteiger partial charge in [0.1, 0.15) is 12.4 Å². The summed E-state index contributed by atoms with van der Waals surface area (Å²) in [6.45, 7) is 2.41. The van der Waals surface area contributed by atoms with E-state index < -0.39 is 29.9 Å². The van der Waals surface area contributed by atoms with Crippen LogP contribution in [0.4, 0.5) is 17.6 Å². The number of hydrogen-bond acceptors (Lipinski definition) is 6. The van der Waals surface area contributed by atoms with Crippen LogP contribution in [0, 0.1) is 11.7 Å². The first-order valence-electron chi connectivity index (χ1n) is 12.2. The lowest BCUT2D eigenvalue weighted by atomic mass is 9.96. The zero-order valence-corrected chi connectivity index (χ0v) is 20.4. The lowest BCUT2D eigenvalue weighted by Gasteiger charge is -2.35. The maximum Gasteiger partial charge on any atom is 0.471 e. The lowest BCUT2D eigenvalue weighted by molar-refractivity contribution is -0.187. The van der Waals surface area contributed by atoms with Crippen molar-refractivity contribution in [3.8, 4) is 5.88 Å². The molecule has 1 amide bonds. The fraction of sp³-hybridized carbons (Fsp3) is 0.500. The number of ether oxygens (including phenoxy) is 2. The van der Waals surface area contributed by atoms with E-state index in [-0.39, 0.29) is 18.4 Å². The Morgan fingerprint density at radius 2 is 1.81 bits per heavy atom. The largest absolute Gasteiger partial charge is 0.476 e. The molecule has 0 radical (unpaired) electrons. The quantitative estimate of drug-likeness (QED) is 0.365. The number of hydrogen-bond donors (Lipinski definition) is 0. The monoisotopic (exact) mass is 523 g/mol. The number of methoxy groups -OCH3 is 1. The van der Waals surface area contributed by atoms with Crippen LogP contribution in [0.15, 0.2) is 42.6 Å². The van der Waals surface area contributed by atoms with Gasteiger partial charge in [-0.25, -0.2) is 14.2 Å². The first-order valence-corrected chi connectivity index (χ1v) is 12.2. The Bertz CT molecular complexity index is 1070. The molecule has 1 aromatic carbocycles. The molecule has 200 valence electrons. The van der Waals surface area contributed by atoms with Gasteiger partial charge in [-0.15, -0.1) is 0 Å². The molecule has 2 fully saturated rings. The standard InChI is InChI=1S/C26H29F4N3O4/c1-36-24(34)19-4-7-23(31-15-19)37-13-12-32-10-8-17(9-11-32)16-33(25(35)26(28,29)30)22-14-21(22)18-2-5-20(27)6-3-18/h2-7,15,17,21-22H,8-14,16H2,1H3. The molecule has 1 saturated carbocycles. The van der Waals surface area contributed by atoms with Crippen molar-refractivity contribution < 1.29 is 36.6 Å². The molecule has 1 aliphatic heterocycles. The number of carbonyl (C=O) groups is 2. The van der Waals surface area contributed by atoms with Crippen molar-refractivity contribution in [3.05, 3.63) is 59.5 Å². The number of rotatable bonds is 9. The summed E-state index contributed by atoms with van der Waals surface area (Å²) < 4.78 is 63.5. The highest BCUT2D eigenvalue weighted by molar-refractivity contribution is 5.88. The highest BCUT2D eigenvalue weighted by Gasteiger charge is 2.52. The number of carbonyl (C=O) groups excluding carboxylic acids is 2. The van der Waals surface area contributed by atoms with E-state index in [0.717, 1.165) is 10.5 Å². The number of halogens is 4. The molecule has 11 heteroatoms. The van der Waals surface area contributed by atoms with E-state index in [9.17, 15) is 27.2 Å². The Kier molecular flexibility index (Phi) is 8.31. The van der Waals surface area contributed by atoms with E-state index in [2.05, 4.69) is 14.6 Å². The van der Waals surface area contributed by atoms with Gasteiger partial charge in [-0.05, 0) is 62.0 Å². The number of pyridine rings is 1. The summed E-state index contributed by atoms with van der Waals surface area (Å²) in [6.07, 6.45) is -1.78. The summed E-state index contributed by atoms with van der Waals surface area (Å²) in [7, 11) is 1.29. The normalized spacial score (nSPS) is 20.4. The van der Waals surface area contributed by atoms with Crippen molar-refractivity contribution >= 4 is 11.9 Å². The van der Waals surface area contributed by atoms with Gasteiger partial charge in [-0.1, -0.05) is 12.1 Å². The number of benzene rings is 1. The minimum atomic E-state index is -4.93. The van der Waals surface area contributed by atoms with Crippen molar-refractivity contribution in [2.24, 2.45) is 5.92 Å². The third-order valence-corrected chi connectivity index (χ3v) is 6.94. The number of amides is 1. The van der Waals surface area contributed by atoms with Gasteiger partial charge in [0.15, 0.2) is 0 Å². The topological polar surface area (TPSA) is 72.0 Å². The number of alkyl halides is 3. The maximum absolute atomic E-state index is 13.4. The summed E-state index contributed by atoms with van der Waals surface area (Å²) in [4.78, 5) is 30.9. The van der Waals surface area contributed by atoms with Gasteiger partial charge in [-0.3, -0.25) is 9.69 Å². The highest BCUT2D eigenvalue weighted by Crippen LogP contribution is 2.46. The molecule has 2 heterocycles. The second-order valence-electron chi connectivity index (χ2n) is 9.43. The number of likely N-dealkylation sites (tertiary alicyclic amines) is 1. The predicted molar refractivity (Wildman–Crippen MR) is 126 cm³/mol. The van der Waals surface area contributed by atoms with Crippen LogP contribution in [-0.2, 0) is 9.53 Å². The van der Waals surface area contributed by atoms with E-state index >= 15 is 0 Å². The maximum atomic E-state index is 13.4. The number of aromatic nitrogens is 1. The summed E-state index contributed by atoms with van der Waals surface area (Å²) in [6, 6.07) is 8.33. The van der Waals surface area contributed by atoms with Gasteiger partial charge in [-0.2, -0.15) is 13.2 Å². The van der Waals surface area contributed by atoms with Crippen molar-refractivity contribution in [1.82, 2.24) is 14.8 Å². The molecule has 2 atom stereocenters. The number of piperidine rings is 1. The zero-order chi connectivity index (χ0) is 26.6. The van der Waals surface area contributed by atoms with E-state index in [1.54, 1.807) is 24.3 Å². The zero-order valence-electron chi connectivity index (χ0n) is 20.4. The molecule has 7 nitrogen and oxygen atoms in total. The molecule has 37 heavy (non-hydrogen) atoms. The molecule has 1 saturated heterocycles. The van der Waals surface area contributed by atoms with Crippen LogP contribution in [0.1, 0.15) is 41.1 Å². The molecule has 2 unspecified atom stereocenters. The van der Waals surface area contributed by atoms with Crippen molar-refractivity contribution in [2.45, 2.75) is 37.4 Å². The van der Waals surface area contributed by atoms with Crippen LogP contribution in [0.2, 0.25) is 0 Å². The van der Waals surface area contributed by atoms with Crippen LogP contribution in [-0.4, -0.2) is 78.8 Å². The molecule has 0 spiro atoms. The van der Waals surface area contributed by atoms with Gasteiger partial charge >= 0.3 is 18.1 Å². The summed E-state index contributed by atoms with van der Waals surface area (Å²) in [5, 5.41) is 0. The first-order chi connectivity index (χ1) is 17.7. The van der Waals surface area contributed by atoms with Gasteiger partial charge in [0, 0.05) is 37.3 Å². The van der Waals surface area contributed by atoms with Crippen LogP contribution < -0.4 is 4.74 Å². The van der Waals surface area contributed by atoms with Crippen LogP contribution in [0.3, 0.4) is 0 Å². The van der Waals surface area contributed by atoms with E-state index in [0.29, 0.717) is 56.9 Å². The van der Waals surface area contributed by atoms with Crippen molar-refractivity contribution in [3.63, 3.8) is 0 Å². The smallest absolute Gasteiger partial charge is 0.471 e. The average Bonchev–Trinajstić information content (AvgIpc) is 3.68. The second kappa shape index (κ2) is 11.5. The first kappa shape index (κ1) is 26.8. The Balaban J connectivity index is 1.25. The molecular formula is C26H29F4N3O4.